The van der Waals surface area contributed by atoms with Gasteiger partial charge in [-0.1, -0.05) is 0 Å². The van der Waals surface area contributed by atoms with Crippen molar-refractivity contribution >= 4 is 0 Å². The number of nitrogens with one attached hydrogen (secondary N) is 1. The molecule has 84 valence electrons. The van der Waals surface area contributed by atoms with E-state index in [4.69, 9.17) is 5.26 Å². The predicted octanol–water partition coefficient (Wildman–Crippen LogP) is 1.83. The number of aromatic nitrogens is 2. The topological polar surface area (TPSA) is 61.6 Å². The van der Waals surface area contributed by atoms with Crippen LogP contribution in [0.4, 0.5) is 0 Å². The molecule has 0 spiro atoms. The van der Waals surface area contributed by atoms with Crippen molar-refractivity contribution < 1.29 is 0 Å². The monoisotopic (exact) mass is 224 g/mol. The summed E-state index contributed by atoms with van der Waals surface area (Å²) in [5.74, 6) is 0. The highest BCUT2D eigenvalue weighted by Crippen LogP contribution is 2.11. The van der Waals surface area contributed by atoms with E-state index in [0.29, 0.717) is 6.54 Å². The average molecular weight is 224 g/mol. The highest BCUT2D eigenvalue weighted by molar-refractivity contribution is 5.21. The minimum absolute atomic E-state index is 0.314. The summed E-state index contributed by atoms with van der Waals surface area (Å²) in [6.07, 6.45) is 6.86. The number of nitriles is 1. The third kappa shape index (κ3) is 3.10. The molecule has 17 heavy (non-hydrogen) atoms. The van der Waals surface area contributed by atoms with Gasteiger partial charge in [-0.05, 0) is 35.4 Å². The molecule has 4 nitrogen and oxygen atoms in total. The molecular formula is C13H12N4. The molecule has 0 amide bonds. The Morgan fingerprint density at radius 3 is 2.24 bits per heavy atom. The molecular weight excluding hydrogens is 212 g/mol. The summed E-state index contributed by atoms with van der Waals surface area (Å²) in [5.41, 5.74) is 2.03. The van der Waals surface area contributed by atoms with Gasteiger partial charge in [-0.2, -0.15) is 5.26 Å². The fourth-order valence-electron chi connectivity index (χ4n) is 1.51. The Bertz CT molecular complexity index is 490. The molecule has 0 radical (unpaired) electrons. The van der Waals surface area contributed by atoms with Crippen LogP contribution in [0.1, 0.15) is 17.2 Å². The summed E-state index contributed by atoms with van der Waals surface area (Å²) in [6, 6.07) is 9.45. The molecule has 0 saturated carbocycles. The van der Waals surface area contributed by atoms with E-state index in [1.54, 1.807) is 24.8 Å². The molecule has 2 aromatic rings. The first-order valence-electron chi connectivity index (χ1n) is 5.32. The summed E-state index contributed by atoms with van der Waals surface area (Å²) in [5, 5.41) is 12.3. The zero-order valence-electron chi connectivity index (χ0n) is 9.24. The lowest BCUT2D eigenvalue weighted by atomic mass is 10.1. The van der Waals surface area contributed by atoms with Gasteiger partial charge in [-0.25, -0.2) is 0 Å². The van der Waals surface area contributed by atoms with Crippen LogP contribution < -0.4 is 5.32 Å². The van der Waals surface area contributed by atoms with Crippen molar-refractivity contribution in [2.45, 2.75) is 12.6 Å². The van der Waals surface area contributed by atoms with Crippen molar-refractivity contribution in [3.8, 4) is 6.07 Å². The van der Waals surface area contributed by atoms with E-state index < -0.39 is 0 Å². The Morgan fingerprint density at radius 1 is 1.06 bits per heavy atom. The summed E-state index contributed by atoms with van der Waals surface area (Å²) in [4.78, 5) is 7.88. The fourth-order valence-corrected chi connectivity index (χ4v) is 1.51. The average Bonchev–Trinajstić information content (AvgIpc) is 2.42. The zero-order chi connectivity index (χ0) is 11.9. The van der Waals surface area contributed by atoms with Gasteiger partial charge in [0.15, 0.2) is 0 Å². The molecule has 0 fully saturated rings. The first-order valence-corrected chi connectivity index (χ1v) is 5.32. The van der Waals surface area contributed by atoms with E-state index in [1.807, 2.05) is 24.3 Å². The van der Waals surface area contributed by atoms with Gasteiger partial charge < -0.3 is 0 Å². The van der Waals surface area contributed by atoms with E-state index in [2.05, 4.69) is 21.4 Å². The molecule has 0 saturated heterocycles. The van der Waals surface area contributed by atoms with E-state index in [0.717, 1.165) is 11.1 Å². The quantitative estimate of drug-likeness (QED) is 0.860. The van der Waals surface area contributed by atoms with Crippen LogP contribution in [-0.4, -0.2) is 9.97 Å². The fraction of sp³-hybridized carbons (Fsp3) is 0.154. The molecule has 0 aliphatic carbocycles. The molecule has 0 aromatic carbocycles. The molecule has 4 heteroatoms. The number of rotatable bonds is 4. The largest absolute Gasteiger partial charge is 0.294 e. The van der Waals surface area contributed by atoms with Crippen LogP contribution in [0.3, 0.4) is 0 Å². The molecule has 1 N–H and O–H groups in total. The molecule has 2 rings (SSSR count). The first-order chi connectivity index (χ1) is 8.40. The second-order valence-corrected chi connectivity index (χ2v) is 3.58. The van der Waals surface area contributed by atoms with Crippen molar-refractivity contribution in [3.63, 3.8) is 0 Å². The van der Waals surface area contributed by atoms with Crippen LogP contribution in [0.2, 0.25) is 0 Å². The Hall–Kier alpha value is -2.25. The van der Waals surface area contributed by atoms with Crippen LogP contribution >= 0.6 is 0 Å². The molecule has 1 atom stereocenters. The summed E-state index contributed by atoms with van der Waals surface area (Å²) in [7, 11) is 0. The highest BCUT2D eigenvalue weighted by atomic mass is 14.9. The lowest BCUT2D eigenvalue weighted by Crippen LogP contribution is -2.19. The lowest BCUT2D eigenvalue weighted by molar-refractivity contribution is 0.629. The van der Waals surface area contributed by atoms with Crippen LogP contribution in [0, 0.1) is 11.3 Å². The van der Waals surface area contributed by atoms with Crippen molar-refractivity contribution in [2.75, 3.05) is 0 Å². The second kappa shape index (κ2) is 5.73. The van der Waals surface area contributed by atoms with Crippen LogP contribution in [0.15, 0.2) is 49.1 Å². The number of hydrogen-bond donors (Lipinski definition) is 1. The van der Waals surface area contributed by atoms with Crippen LogP contribution in [0.25, 0.3) is 0 Å². The van der Waals surface area contributed by atoms with Crippen molar-refractivity contribution in [1.82, 2.24) is 15.3 Å². The smallest absolute Gasteiger partial charge is 0.121 e. The van der Waals surface area contributed by atoms with Gasteiger partial charge in [0.1, 0.15) is 6.04 Å². The summed E-state index contributed by atoms with van der Waals surface area (Å²) >= 11 is 0. The third-order valence-electron chi connectivity index (χ3n) is 2.43. The molecule has 0 bridgehead atoms. The van der Waals surface area contributed by atoms with E-state index in [1.165, 1.54) is 0 Å². The maximum absolute atomic E-state index is 9.11. The van der Waals surface area contributed by atoms with E-state index in [-0.39, 0.29) is 6.04 Å². The number of hydrogen-bond acceptors (Lipinski definition) is 4. The third-order valence-corrected chi connectivity index (χ3v) is 2.43. The van der Waals surface area contributed by atoms with Gasteiger partial charge in [0.2, 0.25) is 0 Å². The Kier molecular flexibility index (Phi) is 3.79. The van der Waals surface area contributed by atoms with Crippen molar-refractivity contribution in [3.05, 3.63) is 60.2 Å². The maximum atomic E-state index is 9.11. The number of pyridine rings is 2. The van der Waals surface area contributed by atoms with E-state index >= 15 is 0 Å². The Balaban J connectivity index is 2.01. The van der Waals surface area contributed by atoms with Gasteiger partial charge in [0, 0.05) is 31.3 Å². The zero-order valence-corrected chi connectivity index (χ0v) is 9.24. The van der Waals surface area contributed by atoms with E-state index in [9.17, 15) is 0 Å². The van der Waals surface area contributed by atoms with Crippen LogP contribution in [0.5, 0.6) is 0 Å². The van der Waals surface area contributed by atoms with Crippen molar-refractivity contribution in [1.29, 1.82) is 5.26 Å². The Morgan fingerprint density at radius 2 is 1.65 bits per heavy atom. The van der Waals surface area contributed by atoms with Gasteiger partial charge in [0.25, 0.3) is 0 Å². The van der Waals surface area contributed by atoms with Crippen molar-refractivity contribution in [2.24, 2.45) is 0 Å². The molecule has 0 aliphatic rings. The molecule has 0 aliphatic heterocycles. The van der Waals surface area contributed by atoms with Gasteiger partial charge in [0.05, 0.1) is 6.07 Å². The molecule has 2 heterocycles. The van der Waals surface area contributed by atoms with Gasteiger partial charge in [-0.15, -0.1) is 0 Å². The van der Waals surface area contributed by atoms with Gasteiger partial charge >= 0.3 is 0 Å². The SMILES string of the molecule is N#CC(NCc1ccncc1)c1ccncc1. The minimum atomic E-state index is -0.314. The highest BCUT2D eigenvalue weighted by Gasteiger charge is 2.08. The Labute approximate surface area is 100.0 Å². The normalized spacial score (nSPS) is 11.7. The minimum Gasteiger partial charge on any atom is -0.294 e. The summed E-state index contributed by atoms with van der Waals surface area (Å²) in [6.45, 7) is 0.642. The maximum Gasteiger partial charge on any atom is 0.121 e. The standard InChI is InChI=1S/C13H12N4/c14-9-13(12-3-7-16-8-4-12)17-10-11-1-5-15-6-2-11/h1-8,13,17H,10H2. The molecule has 2 aromatic heterocycles. The molecule has 1 unspecified atom stereocenters. The van der Waals surface area contributed by atoms with Crippen LogP contribution in [-0.2, 0) is 6.54 Å². The second-order valence-electron chi connectivity index (χ2n) is 3.58. The predicted molar refractivity (Wildman–Crippen MR) is 63.7 cm³/mol. The van der Waals surface area contributed by atoms with Gasteiger partial charge in [-0.3, -0.25) is 15.3 Å². The number of nitrogens with zero attached hydrogens (tertiary/aromatic N) is 3. The summed E-state index contributed by atoms with van der Waals surface area (Å²) < 4.78 is 0. The lowest BCUT2D eigenvalue weighted by Gasteiger charge is -2.11. The first kappa shape index (κ1) is 11.2.